The van der Waals surface area contributed by atoms with Crippen molar-refractivity contribution in [1.82, 2.24) is 5.32 Å². The van der Waals surface area contributed by atoms with Crippen LogP contribution >= 0.6 is 0 Å². The molecule has 0 aromatic heterocycles. The van der Waals surface area contributed by atoms with Gasteiger partial charge >= 0.3 is 5.97 Å². The molecule has 1 aromatic rings. The average Bonchev–Trinajstić information content (AvgIpc) is 2.37. The summed E-state index contributed by atoms with van der Waals surface area (Å²) in [7, 11) is 1.30. The summed E-state index contributed by atoms with van der Waals surface area (Å²) in [5, 5.41) is 5.89. The van der Waals surface area contributed by atoms with E-state index in [0.717, 1.165) is 5.69 Å². The Balaban J connectivity index is 2.95. The Kier molecular flexibility index (Phi) is 5.13. The lowest BCUT2D eigenvalue weighted by Gasteiger charge is -2.24. The van der Waals surface area contributed by atoms with Crippen LogP contribution in [0.4, 0.5) is 5.69 Å². The highest BCUT2D eigenvalue weighted by molar-refractivity contribution is 6.02. The fourth-order valence-corrected chi connectivity index (χ4v) is 1.78. The van der Waals surface area contributed by atoms with Crippen LogP contribution in [0, 0.1) is 0 Å². The maximum absolute atomic E-state index is 12.3. The number of carbonyl (C=O) groups is 2. The zero-order valence-electron chi connectivity index (χ0n) is 12.6. The summed E-state index contributed by atoms with van der Waals surface area (Å²) in [6, 6.07) is 7.39. The summed E-state index contributed by atoms with van der Waals surface area (Å²) in [4.78, 5) is 23.9. The van der Waals surface area contributed by atoms with Crippen molar-refractivity contribution < 1.29 is 14.3 Å². The van der Waals surface area contributed by atoms with Crippen molar-refractivity contribution in [1.29, 1.82) is 0 Å². The van der Waals surface area contributed by atoms with Gasteiger partial charge in [0.2, 0.25) is 0 Å². The van der Waals surface area contributed by atoms with E-state index in [2.05, 4.69) is 15.4 Å². The molecule has 1 amide bonds. The Morgan fingerprint density at radius 1 is 1.20 bits per heavy atom. The summed E-state index contributed by atoms with van der Waals surface area (Å²) >= 11 is 0. The Morgan fingerprint density at radius 3 is 2.35 bits per heavy atom. The van der Waals surface area contributed by atoms with Gasteiger partial charge in [0, 0.05) is 11.7 Å². The third kappa shape index (κ3) is 3.98. The van der Waals surface area contributed by atoms with E-state index in [9.17, 15) is 9.59 Å². The van der Waals surface area contributed by atoms with E-state index in [1.165, 1.54) is 7.11 Å². The van der Waals surface area contributed by atoms with Crippen LogP contribution in [0.5, 0.6) is 0 Å². The van der Waals surface area contributed by atoms with Crippen molar-refractivity contribution in [3.63, 3.8) is 0 Å². The van der Waals surface area contributed by atoms with Crippen LogP contribution in [0.25, 0.3) is 0 Å². The van der Waals surface area contributed by atoms with Gasteiger partial charge in [-0.2, -0.15) is 0 Å². The van der Waals surface area contributed by atoms with Crippen LogP contribution in [0.15, 0.2) is 24.3 Å². The van der Waals surface area contributed by atoms with E-state index in [0.29, 0.717) is 5.56 Å². The molecule has 5 heteroatoms. The van der Waals surface area contributed by atoms with Crippen LogP contribution in [0.1, 0.15) is 38.1 Å². The SMILES string of the molecule is COC(=O)C(C)(C)NC(=O)c1ccccc1NC(C)C. The molecule has 0 saturated heterocycles. The molecule has 110 valence electrons. The minimum absolute atomic E-state index is 0.206. The summed E-state index contributed by atoms with van der Waals surface area (Å²) in [5.41, 5.74) is 0.162. The molecule has 0 bridgehead atoms. The maximum Gasteiger partial charge on any atom is 0.330 e. The summed E-state index contributed by atoms with van der Waals surface area (Å²) in [6.45, 7) is 7.20. The van der Waals surface area contributed by atoms with E-state index >= 15 is 0 Å². The van der Waals surface area contributed by atoms with Gasteiger partial charge in [0.1, 0.15) is 5.54 Å². The zero-order valence-corrected chi connectivity index (χ0v) is 12.6. The Morgan fingerprint density at radius 2 is 1.80 bits per heavy atom. The van der Waals surface area contributed by atoms with E-state index in [4.69, 9.17) is 0 Å². The van der Waals surface area contributed by atoms with Gasteiger partial charge in [0.25, 0.3) is 5.91 Å². The number of carbonyl (C=O) groups excluding carboxylic acids is 2. The van der Waals surface area contributed by atoms with Crippen LogP contribution in [0.3, 0.4) is 0 Å². The number of ether oxygens (including phenoxy) is 1. The molecule has 20 heavy (non-hydrogen) atoms. The van der Waals surface area contributed by atoms with Gasteiger partial charge in [-0.3, -0.25) is 4.79 Å². The highest BCUT2D eigenvalue weighted by atomic mass is 16.5. The monoisotopic (exact) mass is 278 g/mol. The van der Waals surface area contributed by atoms with Crippen LogP contribution in [0.2, 0.25) is 0 Å². The lowest BCUT2D eigenvalue weighted by molar-refractivity contribution is -0.146. The number of nitrogens with one attached hydrogen (secondary N) is 2. The van der Waals surface area contributed by atoms with Crippen molar-refractivity contribution >= 4 is 17.6 Å². The molecular weight excluding hydrogens is 256 g/mol. The van der Waals surface area contributed by atoms with Crippen molar-refractivity contribution in [2.24, 2.45) is 0 Å². The first-order valence-corrected chi connectivity index (χ1v) is 6.54. The Bertz CT molecular complexity index is 496. The molecule has 0 aliphatic rings. The first kappa shape index (κ1) is 16.0. The molecule has 0 radical (unpaired) electrons. The fraction of sp³-hybridized carbons (Fsp3) is 0.467. The van der Waals surface area contributed by atoms with Crippen molar-refractivity contribution in [3.05, 3.63) is 29.8 Å². The molecular formula is C15H22N2O3. The molecule has 0 aliphatic heterocycles. The highest BCUT2D eigenvalue weighted by Crippen LogP contribution is 2.17. The molecule has 0 unspecified atom stereocenters. The number of rotatable bonds is 5. The van der Waals surface area contributed by atoms with Gasteiger partial charge < -0.3 is 15.4 Å². The van der Waals surface area contributed by atoms with Crippen molar-refractivity contribution in [3.8, 4) is 0 Å². The Labute approximate surface area is 119 Å². The van der Waals surface area contributed by atoms with E-state index in [-0.39, 0.29) is 11.9 Å². The van der Waals surface area contributed by atoms with Crippen LogP contribution < -0.4 is 10.6 Å². The van der Waals surface area contributed by atoms with Gasteiger partial charge in [-0.1, -0.05) is 12.1 Å². The second-order valence-electron chi connectivity index (χ2n) is 5.42. The van der Waals surface area contributed by atoms with Gasteiger partial charge in [0.05, 0.1) is 12.7 Å². The molecule has 1 aromatic carbocycles. The van der Waals surface area contributed by atoms with E-state index < -0.39 is 11.5 Å². The average molecular weight is 278 g/mol. The molecule has 0 fully saturated rings. The molecule has 0 heterocycles. The van der Waals surface area contributed by atoms with E-state index in [1.54, 1.807) is 26.0 Å². The second kappa shape index (κ2) is 6.41. The number of hydrogen-bond donors (Lipinski definition) is 2. The highest BCUT2D eigenvalue weighted by Gasteiger charge is 2.31. The van der Waals surface area contributed by atoms with Gasteiger partial charge in [-0.15, -0.1) is 0 Å². The van der Waals surface area contributed by atoms with Crippen molar-refractivity contribution in [2.75, 3.05) is 12.4 Å². The number of methoxy groups -OCH3 is 1. The van der Waals surface area contributed by atoms with E-state index in [1.807, 2.05) is 26.0 Å². The van der Waals surface area contributed by atoms with Gasteiger partial charge in [0.15, 0.2) is 0 Å². The normalized spacial score (nSPS) is 11.1. The lowest BCUT2D eigenvalue weighted by Crippen LogP contribution is -2.50. The van der Waals surface area contributed by atoms with Gasteiger partial charge in [-0.05, 0) is 39.8 Å². The predicted molar refractivity (Wildman–Crippen MR) is 78.8 cm³/mol. The third-order valence-electron chi connectivity index (χ3n) is 2.74. The molecule has 0 atom stereocenters. The molecule has 1 rings (SSSR count). The number of esters is 1. The number of hydrogen-bond acceptors (Lipinski definition) is 4. The number of benzene rings is 1. The molecule has 0 spiro atoms. The molecule has 5 nitrogen and oxygen atoms in total. The predicted octanol–water partition coefficient (Wildman–Crippen LogP) is 2.19. The number of amides is 1. The minimum atomic E-state index is -1.07. The van der Waals surface area contributed by atoms with Crippen LogP contribution in [-0.4, -0.2) is 30.6 Å². The topological polar surface area (TPSA) is 67.4 Å². The molecule has 0 aliphatic carbocycles. The number of para-hydroxylation sites is 1. The Hall–Kier alpha value is -2.04. The smallest absolute Gasteiger partial charge is 0.330 e. The zero-order chi connectivity index (χ0) is 15.3. The number of anilines is 1. The first-order valence-electron chi connectivity index (χ1n) is 6.54. The lowest BCUT2D eigenvalue weighted by atomic mass is 10.0. The fourth-order valence-electron chi connectivity index (χ4n) is 1.78. The maximum atomic E-state index is 12.3. The second-order valence-corrected chi connectivity index (χ2v) is 5.42. The quantitative estimate of drug-likeness (QED) is 0.810. The molecule has 2 N–H and O–H groups in total. The van der Waals surface area contributed by atoms with Gasteiger partial charge in [-0.25, -0.2) is 4.79 Å². The summed E-state index contributed by atoms with van der Waals surface area (Å²) < 4.78 is 4.68. The summed E-state index contributed by atoms with van der Waals surface area (Å²) in [6.07, 6.45) is 0. The molecule has 0 saturated carbocycles. The minimum Gasteiger partial charge on any atom is -0.467 e. The third-order valence-corrected chi connectivity index (χ3v) is 2.74. The van der Waals surface area contributed by atoms with Crippen molar-refractivity contribution in [2.45, 2.75) is 39.3 Å². The van der Waals surface area contributed by atoms with Crippen LogP contribution in [-0.2, 0) is 9.53 Å². The first-order chi connectivity index (χ1) is 9.27. The standard InChI is InChI=1S/C15H22N2O3/c1-10(2)16-12-9-7-6-8-11(12)13(18)17-15(3,4)14(19)20-5/h6-10,16H,1-5H3,(H,17,18). The largest absolute Gasteiger partial charge is 0.467 e. The summed E-state index contributed by atoms with van der Waals surface area (Å²) in [5.74, 6) is -0.802.